The number of hydrogen-bond acceptors (Lipinski definition) is 2. The smallest absolute Gasteiger partial charge is 0.220 e. The molecule has 0 saturated heterocycles. The molecule has 1 fully saturated rings. The van der Waals surface area contributed by atoms with Crippen molar-refractivity contribution in [1.29, 1.82) is 0 Å². The third-order valence-electron chi connectivity index (χ3n) is 4.08. The molecule has 104 valence electrons. The average molecular weight is 326 g/mol. The van der Waals surface area contributed by atoms with Crippen LogP contribution in [-0.2, 0) is 11.2 Å². The van der Waals surface area contributed by atoms with Crippen molar-refractivity contribution in [2.75, 3.05) is 0 Å². The summed E-state index contributed by atoms with van der Waals surface area (Å²) in [6.45, 7) is 3.97. The standard InChI is InChI=1S/C15H20BrNO2/c1-15(2)12(9-13(15)18)17-14(19)7-6-10-4-3-5-11(16)8-10/h3-5,8,12-13,18H,6-7,9H2,1-2H3,(H,17,19). The van der Waals surface area contributed by atoms with Crippen molar-refractivity contribution in [3.8, 4) is 0 Å². The van der Waals surface area contributed by atoms with E-state index in [9.17, 15) is 9.90 Å². The number of hydrogen-bond donors (Lipinski definition) is 2. The van der Waals surface area contributed by atoms with E-state index in [0.29, 0.717) is 12.8 Å². The maximum atomic E-state index is 11.9. The Balaban J connectivity index is 1.80. The Labute approximate surface area is 122 Å². The van der Waals surface area contributed by atoms with Crippen molar-refractivity contribution in [3.63, 3.8) is 0 Å². The first-order valence-corrected chi connectivity index (χ1v) is 7.41. The zero-order chi connectivity index (χ0) is 14.0. The lowest BCUT2D eigenvalue weighted by Gasteiger charge is -2.49. The lowest BCUT2D eigenvalue weighted by molar-refractivity contribution is -0.129. The molecule has 0 radical (unpaired) electrons. The van der Waals surface area contributed by atoms with E-state index >= 15 is 0 Å². The van der Waals surface area contributed by atoms with Crippen LogP contribution in [0, 0.1) is 5.41 Å². The molecule has 1 aromatic rings. The van der Waals surface area contributed by atoms with Crippen LogP contribution < -0.4 is 5.32 Å². The van der Waals surface area contributed by atoms with Crippen LogP contribution in [0.1, 0.15) is 32.3 Å². The Morgan fingerprint density at radius 3 is 2.84 bits per heavy atom. The summed E-state index contributed by atoms with van der Waals surface area (Å²) >= 11 is 3.42. The minimum absolute atomic E-state index is 0.0601. The summed E-state index contributed by atoms with van der Waals surface area (Å²) in [5.74, 6) is 0.0601. The lowest BCUT2D eigenvalue weighted by Crippen LogP contribution is -2.61. The Bertz CT molecular complexity index is 473. The SMILES string of the molecule is CC1(C)C(O)CC1NC(=O)CCc1cccc(Br)c1. The fraction of sp³-hybridized carbons (Fsp3) is 0.533. The Morgan fingerprint density at radius 1 is 1.53 bits per heavy atom. The van der Waals surface area contributed by atoms with Gasteiger partial charge in [0, 0.05) is 22.4 Å². The fourth-order valence-electron chi connectivity index (χ4n) is 2.36. The molecule has 0 spiro atoms. The molecule has 2 N–H and O–H groups in total. The van der Waals surface area contributed by atoms with Gasteiger partial charge in [-0.1, -0.05) is 41.9 Å². The maximum absolute atomic E-state index is 11.9. The molecule has 0 aromatic heterocycles. The molecule has 1 aliphatic rings. The molecular weight excluding hydrogens is 306 g/mol. The van der Waals surface area contributed by atoms with Crippen molar-refractivity contribution >= 4 is 21.8 Å². The first kappa shape index (κ1) is 14.5. The molecule has 0 heterocycles. The highest BCUT2D eigenvalue weighted by atomic mass is 79.9. The largest absolute Gasteiger partial charge is 0.392 e. The molecule has 2 atom stereocenters. The molecule has 1 aliphatic carbocycles. The second-order valence-corrected chi connectivity index (χ2v) is 6.74. The number of carbonyl (C=O) groups excluding carboxylic acids is 1. The van der Waals surface area contributed by atoms with Gasteiger partial charge >= 0.3 is 0 Å². The van der Waals surface area contributed by atoms with E-state index in [4.69, 9.17) is 0 Å². The summed E-state index contributed by atoms with van der Waals surface area (Å²) in [4.78, 5) is 11.9. The number of aliphatic hydroxyl groups excluding tert-OH is 1. The number of rotatable bonds is 4. The van der Waals surface area contributed by atoms with Gasteiger partial charge in [-0.15, -0.1) is 0 Å². The Kier molecular flexibility index (Phi) is 4.31. The van der Waals surface area contributed by atoms with E-state index in [-0.39, 0.29) is 23.5 Å². The molecule has 3 nitrogen and oxygen atoms in total. The number of nitrogens with one attached hydrogen (secondary N) is 1. The van der Waals surface area contributed by atoms with Gasteiger partial charge in [-0.25, -0.2) is 0 Å². The zero-order valence-electron chi connectivity index (χ0n) is 11.3. The summed E-state index contributed by atoms with van der Waals surface area (Å²) in [6, 6.07) is 8.10. The number of carbonyl (C=O) groups is 1. The summed E-state index contributed by atoms with van der Waals surface area (Å²) in [5, 5.41) is 12.7. The van der Waals surface area contributed by atoms with Crippen LogP contribution in [0.2, 0.25) is 0 Å². The first-order valence-electron chi connectivity index (χ1n) is 6.61. The molecule has 2 unspecified atom stereocenters. The van der Waals surface area contributed by atoms with Crippen LogP contribution in [-0.4, -0.2) is 23.2 Å². The third kappa shape index (κ3) is 3.37. The summed E-state index contributed by atoms with van der Waals surface area (Å²) in [5.41, 5.74) is 0.947. The second-order valence-electron chi connectivity index (χ2n) is 5.82. The number of halogens is 1. The van der Waals surface area contributed by atoms with Crippen LogP contribution >= 0.6 is 15.9 Å². The van der Waals surface area contributed by atoms with Crippen molar-refractivity contribution in [2.24, 2.45) is 5.41 Å². The molecule has 0 bridgehead atoms. The number of aliphatic hydroxyl groups is 1. The minimum Gasteiger partial charge on any atom is -0.392 e. The van der Waals surface area contributed by atoms with Crippen LogP contribution in [0.5, 0.6) is 0 Å². The highest BCUT2D eigenvalue weighted by Gasteiger charge is 2.47. The molecule has 2 rings (SSSR count). The van der Waals surface area contributed by atoms with E-state index in [1.807, 2.05) is 38.1 Å². The van der Waals surface area contributed by atoms with Crippen LogP contribution in [0.25, 0.3) is 0 Å². The van der Waals surface area contributed by atoms with E-state index < -0.39 is 0 Å². The number of aryl methyl sites for hydroxylation is 1. The molecule has 4 heteroatoms. The average Bonchev–Trinajstić information content (AvgIpc) is 2.36. The van der Waals surface area contributed by atoms with E-state index in [0.717, 1.165) is 16.5 Å². The van der Waals surface area contributed by atoms with Gasteiger partial charge in [-0.05, 0) is 30.5 Å². The van der Waals surface area contributed by atoms with Crippen LogP contribution in [0.15, 0.2) is 28.7 Å². The normalized spacial score (nSPS) is 24.6. The zero-order valence-corrected chi connectivity index (χ0v) is 12.9. The van der Waals surface area contributed by atoms with Gasteiger partial charge in [-0.2, -0.15) is 0 Å². The highest BCUT2D eigenvalue weighted by molar-refractivity contribution is 9.10. The fourth-order valence-corrected chi connectivity index (χ4v) is 2.81. The molecule has 0 aliphatic heterocycles. The number of benzene rings is 1. The monoisotopic (exact) mass is 325 g/mol. The van der Waals surface area contributed by atoms with E-state index in [1.54, 1.807) is 0 Å². The highest BCUT2D eigenvalue weighted by Crippen LogP contribution is 2.40. The van der Waals surface area contributed by atoms with Gasteiger partial charge in [0.1, 0.15) is 0 Å². The predicted octanol–water partition coefficient (Wildman–Crippen LogP) is 2.66. The van der Waals surface area contributed by atoms with Gasteiger partial charge < -0.3 is 10.4 Å². The third-order valence-corrected chi connectivity index (χ3v) is 4.57. The summed E-state index contributed by atoms with van der Waals surface area (Å²) < 4.78 is 1.04. The van der Waals surface area contributed by atoms with Crippen LogP contribution in [0.4, 0.5) is 0 Å². The molecular formula is C15H20BrNO2. The summed E-state index contributed by atoms with van der Waals surface area (Å²) in [6.07, 6.45) is 1.58. The topological polar surface area (TPSA) is 49.3 Å². The molecule has 1 aromatic carbocycles. The molecule has 1 saturated carbocycles. The minimum atomic E-state index is -0.303. The van der Waals surface area contributed by atoms with Crippen LogP contribution in [0.3, 0.4) is 0 Å². The van der Waals surface area contributed by atoms with Crippen molar-refractivity contribution < 1.29 is 9.90 Å². The van der Waals surface area contributed by atoms with Crippen molar-refractivity contribution in [2.45, 2.75) is 45.3 Å². The molecule has 1 amide bonds. The maximum Gasteiger partial charge on any atom is 0.220 e. The van der Waals surface area contributed by atoms with Gasteiger partial charge in [-0.3, -0.25) is 4.79 Å². The number of amides is 1. The van der Waals surface area contributed by atoms with Gasteiger partial charge in [0.25, 0.3) is 0 Å². The van der Waals surface area contributed by atoms with Crippen molar-refractivity contribution in [1.82, 2.24) is 5.32 Å². The quantitative estimate of drug-likeness (QED) is 0.894. The van der Waals surface area contributed by atoms with Crippen molar-refractivity contribution in [3.05, 3.63) is 34.3 Å². The predicted molar refractivity (Wildman–Crippen MR) is 78.8 cm³/mol. The Hall–Kier alpha value is -0.870. The lowest BCUT2D eigenvalue weighted by atomic mass is 9.64. The summed E-state index contributed by atoms with van der Waals surface area (Å²) in [7, 11) is 0. The van der Waals surface area contributed by atoms with Gasteiger partial charge in [0.15, 0.2) is 0 Å². The van der Waals surface area contributed by atoms with E-state index in [1.165, 1.54) is 0 Å². The first-order chi connectivity index (χ1) is 8.89. The second kappa shape index (κ2) is 5.63. The van der Waals surface area contributed by atoms with Gasteiger partial charge in [0.05, 0.1) is 6.10 Å². The van der Waals surface area contributed by atoms with Gasteiger partial charge in [0.2, 0.25) is 5.91 Å². The molecule has 19 heavy (non-hydrogen) atoms. The Morgan fingerprint density at radius 2 is 2.26 bits per heavy atom. The van der Waals surface area contributed by atoms with E-state index in [2.05, 4.69) is 21.2 Å².